The summed E-state index contributed by atoms with van der Waals surface area (Å²) >= 11 is 1.41. The summed E-state index contributed by atoms with van der Waals surface area (Å²) in [6.07, 6.45) is 3.30. The fourth-order valence-electron chi connectivity index (χ4n) is 3.56. The average Bonchev–Trinajstić information content (AvgIpc) is 3.13. The van der Waals surface area contributed by atoms with Gasteiger partial charge in [-0.25, -0.2) is 4.79 Å². The summed E-state index contributed by atoms with van der Waals surface area (Å²) in [5.41, 5.74) is 1.41. The first kappa shape index (κ1) is 23.8. The van der Waals surface area contributed by atoms with Gasteiger partial charge in [0.05, 0.1) is 18.8 Å². The second kappa shape index (κ2) is 11.7. The number of para-hydroxylation sites is 1. The number of amides is 1. The molecule has 0 radical (unpaired) electrons. The number of fused-ring (bicyclic) bond motifs is 1. The lowest BCUT2D eigenvalue weighted by Crippen LogP contribution is -2.22. The van der Waals surface area contributed by atoms with Crippen molar-refractivity contribution in [3.63, 3.8) is 0 Å². The number of carbonyl (C=O) groups is 3. The van der Waals surface area contributed by atoms with Crippen LogP contribution in [0.1, 0.15) is 53.9 Å². The third-order valence-corrected chi connectivity index (χ3v) is 6.32. The van der Waals surface area contributed by atoms with Crippen LogP contribution in [0.3, 0.4) is 0 Å². The Hall–Kier alpha value is -2.87. The van der Waals surface area contributed by atoms with Crippen molar-refractivity contribution in [2.24, 2.45) is 5.92 Å². The maximum Gasteiger partial charge on any atom is 0.341 e. The molecule has 3 rings (SSSR count). The van der Waals surface area contributed by atoms with Crippen LogP contribution in [0.4, 0.5) is 5.00 Å². The number of ether oxygens (including phenoxy) is 3. The highest BCUT2D eigenvalue weighted by molar-refractivity contribution is 7.17. The van der Waals surface area contributed by atoms with Gasteiger partial charge in [0.2, 0.25) is 0 Å². The number of hydrogen-bond donors (Lipinski definition) is 1. The van der Waals surface area contributed by atoms with Crippen molar-refractivity contribution in [2.75, 3.05) is 25.1 Å². The predicted molar refractivity (Wildman–Crippen MR) is 122 cm³/mol. The molecule has 1 atom stereocenters. The van der Waals surface area contributed by atoms with Crippen LogP contribution < -0.4 is 10.1 Å². The zero-order chi connectivity index (χ0) is 22.9. The second-order valence-corrected chi connectivity index (χ2v) is 8.86. The Kier molecular flexibility index (Phi) is 8.67. The topological polar surface area (TPSA) is 90.9 Å². The molecule has 0 aliphatic heterocycles. The van der Waals surface area contributed by atoms with E-state index in [-0.39, 0.29) is 13.0 Å². The van der Waals surface area contributed by atoms with Crippen molar-refractivity contribution in [1.82, 2.24) is 0 Å². The van der Waals surface area contributed by atoms with Gasteiger partial charge in [-0.15, -0.1) is 11.3 Å². The van der Waals surface area contributed by atoms with Gasteiger partial charge in [-0.1, -0.05) is 25.1 Å². The summed E-state index contributed by atoms with van der Waals surface area (Å²) in [5, 5.41) is 3.21. The third-order valence-electron chi connectivity index (χ3n) is 5.15. The van der Waals surface area contributed by atoms with Crippen molar-refractivity contribution in [1.29, 1.82) is 0 Å². The van der Waals surface area contributed by atoms with Gasteiger partial charge in [0, 0.05) is 11.3 Å². The number of hydrogen-bond acceptors (Lipinski definition) is 7. The predicted octanol–water partition coefficient (Wildman–Crippen LogP) is 4.39. The zero-order valence-corrected chi connectivity index (χ0v) is 19.3. The lowest BCUT2D eigenvalue weighted by atomic mass is 9.88. The molecule has 172 valence electrons. The van der Waals surface area contributed by atoms with Crippen LogP contribution in [0.15, 0.2) is 30.3 Å². The molecular weight excluding hydrogens is 430 g/mol. The Labute approximate surface area is 192 Å². The van der Waals surface area contributed by atoms with Gasteiger partial charge in [0.1, 0.15) is 10.8 Å². The van der Waals surface area contributed by atoms with Crippen molar-refractivity contribution < 1.29 is 28.6 Å². The molecule has 32 heavy (non-hydrogen) atoms. The van der Waals surface area contributed by atoms with E-state index in [1.54, 1.807) is 6.92 Å². The van der Waals surface area contributed by atoms with E-state index in [0.29, 0.717) is 29.5 Å². The number of rotatable bonds is 10. The lowest BCUT2D eigenvalue weighted by Gasteiger charge is -2.18. The Morgan fingerprint density at radius 2 is 1.94 bits per heavy atom. The molecule has 2 aromatic rings. The lowest BCUT2D eigenvalue weighted by molar-refractivity contribution is -0.147. The summed E-state index contributed by atoms with van der Waals surface area (Å²) in [7, 11) is 0. The van der Waals surface area contributed by atoms with Crippen LogP contribution in [0.5, 0.6) is 5.75 Å². The molecule has 1 unspecified atom stereocenters. The molecule has 1 aliphatic rings. The van der Waals surface area contributed by atoms with E-state index in [2.05, 4.69) is 12.2 Å². The molecule has 0 spiro atoms. The number of carbonyl (C=O) groups excluding carboxylic acids is 3. The van der Waals surface area contributed by atoms with E-state index in [4.69, 9.17) is 14.2 Å². The minimum absolute atomic E-state index is 0.152. The van der Waals surface area contributed by atoms with Gasteiger partial charge >= 0.3 is 11.9 Å². The SMILES string of the molecule is CCOC(=O)c1c(NC(=O)COC(=O)CCCOc2ccccc2)sc2c1CCC(C)C2. The molecule has 0 saturated carbocycles. The van der Waals surface area contributed by atoms with Gasteiger partial charge < -0.3 is 19.5 Å². The normalized spacial score (nSPS) is 14.9. The van der Waals surface area contributed by atoms with E-state index in [1.807, 2.05) is 30.3 Å². The Bertz CT molecular complexity index is 939. The molecule has 1 heterocycles. The highest BCUT2D eigenvalue weighted by Gasteiger charge is 2.29. The smallest absolute Gasteiger partial charge is 0.341 e. The van der Waals surface area contributed by atoms with Crippen molar-refractivity contribution in [3.8, 4) is 5.75 Å². The highest BCUT2D eigenvalue weighted by Crippen LogP contribution is 2.40. The van der Waals surface area contributed by atoms with E-state index in [1.165, 1.54) is 11.3 Å². The van der Waals surface area contributed by atoms with Gasteiger partial charge in [-0.2, -0.15) is 0 Å². The van der Waals surface area contributed by atoms with Crippen molar-refractivity contribution >= 4 is 34.2 Å². The number of nitrogens with one attached hydrogen (secondary N) is 1. The van der Waals surface area contributed by atoms with E-state index in [9.17, 15) is 14.4 Å². The van der Waals surface area contributed by atoms with Gasteiger partial charge in [-0.05, 0) is 56.2 Å². The van der Waals surface area contributed by atoms with Crippen LogP contribution >= 0.6 is 11.3 Å². The van der Waals surface area contributed by atoms with Crippen LogP contribution in [0, 0.1) is 5.92 Å². The monoisotopic (exact) mass is 459 g/mol. The van der Waals surface area contributed by atoms with Gasteiger partial charge in [0.15, 0.2) is 6.61 Å². The molecule has 8 heteroatoms. The fraction of sp³-hybridized carbons (Fsp3) is 0.458. The number of anilines is 1. The molecule has 1 N–H and O–H groups in total. The maximum absolute atomic E-state index is 12.5. The fourth-order valence-corrected chi connectivity index (χ4v) is 4.98. The summed E-state index contributed by atoms with van der Waals surface area (Å²) in [4.78, 5) is 37.9. The number of esters is 2. The first-order chi connectivity index (χ1) is 15.5. The maximum atomic E-state index is 12.5. The molecule has 1 aromatic heterocycles. The molecule has 0 bridgehead atoms. The molecule has 1 amide bonds. The minimum atomic E-state index is -0.476. The molecular formula is C24H29NO6S. The van der Waals surface area contributed by atoms with Crippen LogP contribution in [0.25, 0.3) is 0 Å². The first-order valence-electron chi connectivity index (χ1n) is 10.9. The number of benzene rings is 1. The molecule has 1 aromatic carbocycles. The minimum Gasteiger partial charge on any atom is -0.494 e. The second-order valence-electron chi connectivity index (χ2n) is 7.75. The molecule has 0 fully saturated rings. The summed E-state index contributed by atoms with van der Waals surface area (Å²) in [5.74, 6) is -0.0969. The van der Waals surface area contributed by atoms with Crippen molar-refractivity contribution in [2.45, 2.75) is 46.0 Å². The Morgan fingerprint density at radius 1 is 1.16 bits per heavy atom. The Morgan fingerprint density at radius 3 is 2.69 bits per heavy atom. The van der Waals surface area contributed by atoms with Crippen LogP contribution in [-0.4, -0.2) is 37.7 Å². The summed E-state index contributed by atoms with van der Waals surface area (Å²) < 4.78 is 15.8. The van der Waals surface area contributed by atoms with Gasteiger partial charge in [-0.3, -0.25) is 9.59 Å². The standard InChI is InChI=1S/C24H29NO6S/c1-3-29-24(28)22-18-12-11-16(2)14-19(18)32-23(22)25-20(26)15-31-21(27)10-7-13-30-17-8-5-4-6-9-17/h4-6,8-9,16H,3,7,10-15H2,1-2H3,(H,25,26). The Balaban J connectivity index is 1.48. The molecule has 1 aliphatic carbocycles. The quantitative estimate of drug-likeness (QED) is 0.419. The first-order valence-corrected chi connectivity index (χ1v) is 11.7. The van der Waals surface area contributed by atoms with E-state index < -0.39 is 24.5 Å². The zero-order valence-electron chi connectivity index (χ0n) is 18.5. The molecule has 7 nitrogen and oxygen atoms in total. The summed E-state index contributed by atoms with van der Waals surface area (Å²) in [6.45, 7) is 4.17. The third kappa shape index (κ3) is 6.56. The van der Waals surface area contributed by atoms with E-state index in [0.717, 1.165) is 35.5 Å². The van der Waals surface area contributed by atoms with Gasteiger partial charge in [0.25, 0.3) is 5.91 Å². The largest absolute Gasteiger partial charge is 0.494 e. The van der Waals surface area contributed by atoms with E-state index >= 15 is 0 Å². The molecule has 0 saturated heterocycles. The van der Waals surface area contributed by atoms with Crippen molar-refractivity contribution in [3.05, 3.63) is 46.3 Å². The summed E-state index contributed by atoms with van der Waals surface area (Å²) in [6, 6.07) is 9.34. The van der Waals surface area contributed by atoms with Crippen LogP contribution in [-0.2, 0) is 31.9 Å². The number of thiophene rings is 1. The van der Waals surface area contributed by atoms with Crippen LogP contribution in [0.2, 0.25) is 0 Å². The highest BCUT2D eigenvalue weighted by atomic mass is 32.1. The average molecular weight is 460 g/mol.